The van der Waals surface area contributed by atoms with Gasteiger partial charge in [0, 0.05) is 25.6 Å². The highest BCUT2D eigenvalue weighted by molar-refractivity contribution is 5.47. The van der Waals surface area contributed by atoms with Crippen LogP contribution < -0.4 is 10.6 Å². The average Bonchev–Trinajstić information content (AvgIpc) is 2.88. The summed E-state index contributed by atoms with van der Waals surface area (Å²) in [5.74, 6) is 4.52. The summed E-state index contributed by atoms with van der Waals surface area (Å²) in [5.41, 5.74) is 0. The van der Waals surface area contributed by atoms with Crippen molar-refractivity contribution in [1.29, 1.82) is 0 Å². The molecular formula is C16H28N4. The normalized spacial score (nSPS) is 21.9. The summed E-state index contributed by atoms with van der Waals surface area (Å²) in [4.78, 5) is 9.10. The molecule has 1 saturated carbocycles. The van der Waals surface area contributed by atoms with Crippen molar-refractivity contribution in [2.45, 2.75) is 52.9 Å². The van der Waals surface area contributed by atoms with Crippen molar-refractivity contribution in [3.05, 3.63) is 11.9 Å². The van der Waals surface area contributed by atoms with Gasteiger partial charge in [0.15, 0.2) is 0 Å². The van der Waals surface area contributed by atoms with E-state index in [1.54, 1.807) is 0 Å². The third-order valence-electron chi connectivity index (χ3n) is 4.02. The van der Waals surface area contributed by atoms with E-state index in [1.807, 2.05) is 6.07 Å². The van der Waals surface area contributed by atoms with Crippen LogP contribution in [0.15, 0.2) is 6.07 Å². The number of aromatic nitrogens is 2. The minimum absolute atomic E-state index is 0.803. The van der Waals surface area contributed by atoms with E-state index < -0.39 is 0 Å². The number of nitrogens with one attached hydrogen (secondary N) is 2. The number of hydrogen-bond acceptors (Lipinski definition) is 4. The molecular weight excluding hydrogens is 248 g/mol. The summed E-state index contributed by atoms with van der Waals surface area (Å²) in [6, 6.07) is 2.03. The summed E-state index contributed by atoms with van der Waals surface area (Å²) >= 11 is 0. The van der Waals surface area contributed by atoms with Crippen molar-refractivity contribution in [2.75, 3.05) is 23.7 Å². The Morgan fingerprint density at radius 1 is 1.15 bits per heavy atom. The first-order valence-electron chi connectivity index (χ1n) is 8.07. The van der Waals surface area contributed by atoms with E-state index in [0.29, 0.717) is 0 Å². The van der Waals surface area contributed by atoms with Crippen LogP contribution in [-0.2, 0) is 6.42 Å². The Hall–Kier alpha value is -1.32. The molecule has 0 aliphatic heterocycles. The standard InChI is InChI=1S/C16H28N4/c1-4-8-17-15-10-16(20-14(5-2)19-15)18-11-13-7-6-12(3)9-13/h10,12-13H,4-9,11H2,1-3H3,(H2,17,18,19,20). The quantitative estimate of drug-likeness (QED) is 0.797. The maximum absolute atomic E-state index is 4.58. The highest BCUT2D eigenvalue weighted by Crippen LogP contribution is 2.30. The number of aryl methyl sites for hydroxylation is 1. The lowest BCUT2D eigenvalue weighted by Crippen LogP contribution is -2.14. The van der Waals surface area contributed by atoms with E-state index >= 15 is 0 Å². The number of hydrogen-bond donors (Lipinski definition) is 2. The summed E-state index contributed by atoms with van der Waals surface area (Å²) in [7, 11) is 0. The van der Waals surface area contributed by atoms with E-state index in [-0.39, 0.29) is 0 Å². The smallest absolute Gasteiger partial charge is 0.132 e. The largest absolute Gasteiger partial charge is 0.370 e. The van der Waals surface area contributed by atoms with Crippen molar-refractivity contribution in [3.63, 3.8) is 0 Å². The van der Waals surface area contributed by atoms with Gasteiger partial charge in [-0.3, -0.25) is 0 Å². The molecule has 1 aliphatic rings. The molecule has 1 aliphatic carbocycles. The molecule has 4 heteroatoms. The number of nitrogens with zero attached hydrogens (tertiary/aromatic N) is 2. The molecule has 1 fully saturated rings. The molecule has 2 rings (SSSR count). The van der Waals surface area contributed by atoms with Gasteiger partial charge >= 0.3 is 0 Å². The van der Waals surface area contributed by atoms with Crippen LogP contribution in [0.5, 0.6) is 0 Å². The SMILES string of the molecule is CCCNc1cc(NCC2CCC(C)C2)nc(CC)n1. The fourth-order valence-electron chi connectivity index (χ4n) is 2.85. The zero-order valence-electron chi connectivity index (χ0n) is 13.1. The van der Waals surface area contributed by atoms with Crippen LogP contribution in [0.4, 0.5) is 11.6 Å². The van der Waals surface area contributed by atoms with Crippen LogP contribution in [-0.4, -0.2) is 23.1 Å². The van der Waals surface area contributed by atoms with Gasteiger partial charge in [0.2, 0.25) is 0 Å². The minimum Gasteiger partial charge on any atom is -0.370 e. The van der Waals surface area contributed by atoms with E-state index in [2.05, 4.69) is 41.4 Å². The average molecular weight is 276 g/mol. The first-order chi connectivity index (χ1) is 9.71. The van der Waals surface area contributed by atoms with Crippen LogP contribution in [0, 0.1) is 11.8 Å². The molecule has 20 heavy (non-hydrogen) atoms. The molecule has 0 spiro atoms. The predicted molar refractivity (Wildman–Crippen MR) is 85.2 cm³/mol. The van der Waals surface area contributed by atoms with Crippen molar-refractivity contribution in [2.24, 2.45) is 11.8 Å². The van der Waals surface area contributed by atoms with E-state index in [9.17, 15) is 0 Å². The Morgan fingerprint density at radius 2 is 1.90 bits per heavy atom. The minimum atomic E-state index is 0.803. The molecule has 2 unspecified atom stereocenters. The third-order valence-corrected chi connectivity index (χ3v) is 4.02. The van der Waals surface area contributed by atoms with E-state index in [1.165, 1.54) is 19.3 Å². The lowest BCUT2D eigenvalue weighted by molar-refractivity contribution is 0.536. The van der Waals surface area contributed by atoms with E-state index in [4.69, 9.17) is 0 Å². The lowest BCUT2D eigenvalue weighted by Gasteiger charge is -2.13. The fourth-order valence-corrected chi connectivity index (χ4v) is 2.85. The van der Waals surface area contributed by atoms with Crippen molar-refractivity contribution < 1.29 is 0 Å². The molecule has 0 saturated heterocycles. The monoisotopic (exact) mass is 276 g/mol. The molecule has 0 radical (unpaired) electrons. The van der Waals surface area contributed by atoms with E-state index in [0.717, 1.165) is 55.2 Å². The summed E-state index contributed by atoms with van der Waals surface area (Å²) in [5, 5.41) is 6.86. The molecule has 4 nitrogen and oxygen atoms in total. The Morgan fingerprint density at radius 3 is 2.50 bits per heavy atom. The molecule has 2 N–H and O–H groups in total. The molecule has 1 heterocycles. The molecule has 0 bridgehead atoms. The second-order valence-electron chi connectivity index (χ2n) is 6.00. The third kappa shape index (κ3) is 4.36. The highest BCUT2D eigenvalue weighted by Gasteiger charge is 2.21. The second-order valence-corrected chi connectivity index (χ2v) is 6.00. The Labute approximate surface area is 122 Å². The second kappa shape index (κ2) is 7.46. The van der Waals surface area contributed by atoms with Gasteiger partial charge in [0.25, 0.3) is 0 Å². The predicted octanol–water partition coefficient (Wildman–Crippen LogP) is 3.71. The van der Waals surface area contributed by atoms with Crippen molar-refractivity contribution in [3.8, 4) is 0 Å². The molecule has 112 valence electrons. The number of rotatable bonds is 7. The summed E-state index contributed by atoms with van der Waals surface area (Å²) in [6.07, 6.45) is 6.05. The lowest BCUT2D eigenvalue weighted by atomic mass is 10.1. The van der Waals surface area contributed by atoms with Crippen LogP contribution >= 0.6 is 0 Å². The van der Waals surface area contributed by atoms with Gasteiger partial charge in [-0.1, -0.05) is 27.2 Å². The fraction of sp³-hybridized carbons (Fsp3) is 0.750. The summed E-state index contributed by atoms with van der Waals surface area (Å²) < 4.78 is 0. The molecule has 1 aromatic heterocycles. The van der Waals surface area contributed by atoms with Gasteiger partial charge in [0.05, 0.1) is 0 Å². The van der Waals surface area contributed by atoms with Gasteiger partial charge in [0.1, 0.15) is 17.5 Å². The Kier molecular flexibility index (Phi) is 5.62. The van der Waals surface area contributed by atoms with Gasteiger partial charge < -0.3 is 10.6 Å². The van der Waals surface area contributed by atoms with Gasteiger partial charge in [-0.05, 0) is 31.1 Å². The molecule has 1 aromatic rings. The molecule has 0 aromatic carbocycles. The molecule has 2 atom stereocenters. The van der Waals surface area contributed by atoms with Crippen LogP contribution in [0.25, 0.3) is 0 Å². The van der Waals surface area contributed by atoms with Crippen LogP contribution in [0.3, 0.4) is 0 Å². The zero-order chi connectivity index (χ0) is 14.4. The van der Waals surface area contributed by atoms with Crippen LogP contribution in [0.2, 0.25) is 0 Å². The Bertz CT molecular complexity index is 419. The topological polar surface area (TPSA) is 49.8 Å². The van der Waals surface area contributed by atoms with Crippen LogP contribution in [0.1, 0.15) is 52.3 Å². The maximum atomic E-state index is 4.58. The van der Waals surface area contributed by atoms with Gasteiger partial charge in [-0.25, -0.2) is 9.97 Å². The first kappa shape index (κ1) is 15.1. The first-order valence-corrected chi connectivity index (χ1v) is 8.07. The number of anilines is 2. The highest BCUT2D eigenvalue weighted by atomic mass is 15.1. The Balaban J connectivity index is 1.95. The molecule has 0 amide bonds. The summed E-state index contributed by atoms with van der Waals surface area (Å²) in [6.45, 7) is 8.61. The zero-order valence-corrected chi connectivity index (χ0v) is 13.1. The van der Waals surface area contributed by atoms with Gasteiger partial charge in [-0.15, -0.1) is 0 Å². The van der Waals surface area contributed by atoms with Crippen molar-refractivity contribution >= 4 is 11.6 Å². The van der Waals surface area contributed by atoms with Crippen molar-refractivity contribution in [1.82, 2.24) is 9.97 Å². The maximum Gasteiger partial charge on any atom is 0.132 e. The van der Waals surface area contributed by atoms with Gasteiger partial charge in [-0.2, -0.15) is 0 Å².